The summed E-state index contributed by atoms with van der Waals surface area (Å²) < 4.78 is 5.80. The SMILES string of the molecule is CCOc1cccc(C2C3=CCC4C(=O)N(c5ccc(C(=O)O)c(O)c5)C(=O)C4C3CC3C(=O)N(Nc4ccc(C)cc4)C(=O)C32c2ccccc2)c1O. The molecule has 2 saturated heterocycles. The van der Waals surface area contributed by atoms with Gasteiger partial charge >= 0.3 is 5.97 Å². The molecule has 4 N–H and O–H groups in total. The van der Waals surface area contributed by atoms with Gasteiger partial charge in [0.2, 0.25) is 11.8 Å². The highest BCUT2D eigenvalue weighted by molar-refractivity contribution is 6.23. The Balaban J connectivity index is 1.31. The minimum atomic E-state index is -1.59. The summed E-state index contributed by atoms with van der Waals surface area (Å²) in [6.07, 6.45) is 2.04. The zero-order valence-corrected chi connectivity index (χ0v) is 29.4. The van der Waals surface area contributed by atoms with Crippen molar-refractivity contribution < 1.29 is 44.0 Å². The Hall–Kier alpha value is -6.43. The zero-order valence-electron chi connectivity index (χ0n) is 29.4. The molecule has 2 aliphatic carbocycles. The monoisotopic (exact) mass is 727 g/mol. The molecule has 2 aliphatic heterocycles. The molecule has 8 rings (SSSR count). The number of hydrazine groups is 1. The third-order valence-corrected chi connectivity index (χ3v) is 11.5. The number of benzene rings is 4. The number of nitrogens with zero attached hydrogens (tertiary/aromatic N) is 2. The molecule has 0 radical (unpaired) electrons. The number of ether oxygens (including phenoxy) is 1. The maximum absolute atomic E-state index is 15.3. The second-order valence-corrected chi connectivity index (χ2v) is 14.2. The summed E-state index contributed by atoms with van der Waals surface area (Å²) in [4.78, 5) is 71.3. The van der Waals surface area contributed by atoms with Crippen LogP contribution in [0.1, 0.15) is 52.7 Å². The minimum absolute atomic E-state index is 0.0251. The molecule has 4 amide bonds. The van der Waals surface area contributed by atoms with Crippen LogP contribution in [-0.4, -0.2) is 56.5 Å². The number of hydrogen-bond donors (Lipinski definition) is 4. The lowest BCUT2D eigenvalue weighted by Crippen LogP contribution is -2.53. The molecule has 6 atom stereocenters. The van der Waals surface area contributed by atoms with Crippen molar-refractivity contribution in [1.29, 1.82) is 0 Å². The van der Waals surface area contributed by atoms with Gasteiger partial charge in [0.25, 0.3) is 11.8 Å². The maximum Gasteiger partial charge on any atom is 0.339 e. The normalized spacial score (nSPS) is 25.9. The first-order chi connectivity index (χ1) is 26.0. The second kappa shape index (κ2) is 12.9. The number of phenols is 2. The van der Waals surface area contributed by atoms with Gasteiger partial charge in [0.15, 0.2) is 11.5 Å². The number of hydrogen-bond acceptors (Lipinski definition) is 9. The molecule has 4 aliphatic rings. The summed E-state index contributed by atoms with van der Waals surface area (Å²) >= 11 is 0. The van der Waals surface area contributed by atoms with Crippen molar-refractivity contribution in [2.75, 3.05) is 16.9 Å². The number of allylic oxidation sites excluding steroid dienone is 2. The summed E-state index contributed by atoms with van der Waals surface area (Å²) in [7, 11) is 0. The van der Waals surface area contributed by atoms with E-state index >= 15 is 4.79 Å². The number of phenolic OH excluding ortho intramolecular Hbond substituents is 1. The van der Waals surface area contributed by atoms with E-state index in [1.165, 1.54) is 6.07 Å². The van der Waals surface area contributed by atoms with Crippen LogP contribution in [0, 0.1) is 30.6 Å². The van der Waals surface area contributed by atoms with Crippen LogP contribution < -0.4 is 15.1 Å². The van der Waals surface area contributed by atoms with Gasteiger partial charge in [0.1, 0.15) is 11.3 Å². The van der Waals surface area contributed by atoms with Crippen molar-refractivity contribution in [2.45, 2.75) is 38.0 Å². The Kier molecular flexibility index (Phi) is 8.28. The molecule has 12 nitrogen and oxygen atoms in total. The van der Waals surface area contributed by atoms with Crippen molar-refractivity contribution in [3.8, 4) is 17.2 Å². The average Bonchev–Trinajstić information content (AvgIpc) is 3.54. The third kappa shape index (κ3) is 5.00. The van der Waals surface area contributed by atoms with Crippen molar-refractivity contribution in [3.05, 3.63) is 125 Å². The lowest BCUT2D eigenvalue weighted by Gasteiger charge is -2.50. The van der Waals surface area contributed by atoms with E-state index in [1.807, 2.05) is 31.2 Å². The van der Waals surface area contributed by atoms with Gasteiger partial charge in [-0.1, -0.05) is 71.8 Å². The average molecular weight is 728 g/mol. The van der Waals surface area contributed by atoms with Gasteiger partial charge in [-0.15, -0.1) is 0 Å². The van der Waals surface area contributed by atoms with Crippen molar-refractivity contribution in [1.82, 2.24) is 5.01 Å². The van der Waals surface area contributed by atoms with Crippen LogP contribution in [0.15, 0.2) is 103 Å². The summed E-state index contributed by atoms with van der Waals surface area (Å²) in [5, 5.41) is 32.9. The summed E-state index contributed by atoms with van der Waals surface area (Å²) in [5.74, 6) is -8.58. The molecule has 1 saturated carbocycles. The third-order valence-electron chi connectivity index (χ3n) is 11.5. The van der Waals surface area contributed by atoms with Crippen LogP contribution in [0.25, 0.3) is 0 Å². The van der Waals surface area contributed by atoms with E-state index in [1.54, 1.807) is 61.5 Å². The predicted molar refractivity (Wildman–Crippen MR) is 196 cm³/mol. The molecule has 4 aromatic rings. The number of aryl methyl sites for hydroxylation is 1. The van der Waals surface area contributed by atoms with Gasteiger partial charge < -0.3 is 20.1 Å². The molecule has 54 heavy (non-hydrogen) atoms. The van der Waals surface area contributed by atoms with Crippen molar-refractivity contribution in [3.63, 3.8) is 0 Å². The molecule has 6 unspecified atom stereocenters. The van der Waals surface area contributed by atoms with E-state index in [4.69, 9.17) is 4.74 Å². The minimum Gasteiger partial charge on any atom is -0.507 e. The summed E-state index contributed by atoms with van der Waals surface area (Å²) in [5.41, 5.74) is 4.16. The lowest BCUT2D eigenvalue weighted by molar-refractivity contribution is -0.138. The van der Waals surface area contributed by atoms with E-state index in [2.05, 4.69) is 5.43 Å². The fourth-order valence-electron chi connectivity index (χ4n) is 9.23. The number of fused-ring (bicyclic) bond motifs is 4. The number of nitrogens with one attached hydrogen (secondary N) is 1. The number of para-hydroxylation sites is 1. The molecule has 12 heteroatoms. The first-order valence-corrected chi connectivity index (χ1v) is 17.8. The van der Waals surface area contributed by atoms with Gasteiger partial charge in [-0.05, 0) is 68.5 Å². The number of carboxylic acids is 1. The number of carbonyl (C=O) groups excluding carboxylic acids is 4. The predicted octanol–water partition coefficient (Wildman–Crippen LogP) is 5.69. The quantitative estimate of drug-likeness (QED) is 0.130. The molecule has 3 fully saturated rings. The molecule has 0 spiro atoms. The van der Waals surface area contributed by atoms with E-state index in [0.29, 0.717) is 22.4 Å². The number of carboxylic acid groups (broad SMARTS) is 1. The Morgan fingerprint density at radius 3 is 2.31 bits per heavy atom. The fraction of sp³-hybridized carbons (Fsp3) is 0.262. The van der Waals surface area contributed by atoms with Crippen LogP contribution in [0.5, 0.6) is 17.2 Å². The van der Waals surface area contributed by atoms with Gasteiger partial charge in [-0.2, -0.15) is 5.01 Å². The topological polar surface area (TPSA) is 174 Å². The fourth-order valence-corrected chi connectivity index (χ4v) is 9.23. The van der Waals surface area contributed by atoms with Gasteiger partial charge in [-0.3, -0.25) is 24.6 Å². The van der Waals surface area contributed by atoms with Gasteiger partial charge in [-0.25, -0.2) is 9.69 Å². The number of anilines is 2. The maximum atomic E-state index is 15.3. The number of aromatic hydroxyl groups is 2. The van der Waals surface area contributed by atoms with Gasteiger partial charge in [0, 0.05) is 17.5 Å². The van der Waals surface area contributed by atoms with Crippen molar-refractivity contribution >= 4 is 41.0 Å². The Bertz CT molecular complexity index is 2270. The molecule has 2 heterocycles. The summed E-state index contributed by atoms with van der Waals surface area (Å²) in [6, 6.07) is 24.8. The number of aromatic carboxylic acids is 1. The van der Waals surface area contributed by atoms with Gasteiger partial charge in [0.05, 0.1) is 41.2 Å². The second-order valence-electron chi connectivity index (χ2n) is 14.2. The zero-order chi connectivity index (χ0) is 38.1. The Morgan fingerprint density at radius 1 is 0.889 bits per heavy atom. The lowest BCUT2D eigenvalue weighted by atomic mass is 9.49. The number of imide groups is 2. The standard InChI is InChI=1S/C42H37N3O9/c1-3-54-33-11-7-10-29(36(33)47)35-26-18-19-28-34(39(50)44(37(28)48)25-16-17-27(40(51)52)32(46)20-25)30(26)21-31-38(49)45(43-24-14-12-22(2)13-15-24)41(53)42(31,35)23-8-5-4-6-9-23/h4-18,20,28,30-31,34-35,43,46-47H,3,19,21H2,1-2H3,(H,51,52). The highest BCUT2D eigenvalue weighted by Crippen LogP contribution is 2.65. The highest BCUT2D eigenvalue weighted by Gasteiger charge is 2.70. The largest absolute Gasteiger partial charge is 0.507 e. The van der Waals surface area contributed by atoms with E-state index in [0.717, 1.165) is 27.6 Å². The first-order valence-electron chi connectivity index (χ1n) is 17.8. The summed E-state index contributed by atoms with van der Waals surface area (Å²) in [6.45, 7) is 3.96. The molecule has 4 aromatic carbocycles. The number of rotatable bonds is 8. The highest BCUT2D eigenvalue weighted by atomic mass is 16.5. The Labute approximate surface area is 310 Å². The molecular formula is C42H37N3O9. The molecular weight excluding hydrogens is 690 g/mol. The smallest absolute Gasteiger partial charge is 0.339 e. The van der Waals surface area contributed by atoms with Crippen LogP contribution >= 0.6 is 0 Å². The van der Waals surface area contributed by atoms with Crippen molar-refractivity contribution in [2.24, 2.45) is 23.7 Å². The van der Waals surface area contributed by atoms with Crippen LogP contribution in [-0.2, 0) is 24.6 Å². The van der Waals surface area contributed by atoms with Crippen LogP contribution in [0.4, 0.5) is 11.4 Å². The molecule has 0 bridgehead atoms. The first kappa shape index (κ1) is 34.6. The van der Waals surface area contributed by atoms with Crippen LogP contribution in [0.2, 0.25) is 0 Å². The van der Waals surface area contributed by atoms with E-state index in [9.17, 15) is 34.5 Å². The Morgan fingerprint density at radius 2 is 1.63 bits per heavy atom. The molecule has 0 aromatic heterocycles. The van der Waals surface area contributed by atoms with E-state index < -0.39 is 70.4 Å². The number of amides is 4. The molecule has 274 valence electrons. The number of carbonyl (C=O) groups is 5. The van der Waals surface area contributed by atoms with E-state index in [-0.39, 0.29) is 42.2 Å². The van der Waals surface area contributed by atoms with Crippen LogP contribution in [0.3, 0.4) is 0 Å².